The molecule has 3 amide bonds. The molecule has 0 bridgehead atoms. The second-order valence-electron chi connectivity index (χ2n) is 13.4. The third-order valence-corrected chi connectivity index (χ3v) is 10.1. The summed E-state index contributed by atoms with van der Waals surface area (Å²) in [4.78, 5) is 47.7. The molecule has 0 atom stereocenters. The molecule has 0 unspecified atom stereocenters. The van der Waals surface area contributed by atoms with E-state index >= 15 is 0 Å². The standard InChI is InChI=1S/C36H41F2N9O4/c1-42(14-5-2-6-15-44-35(49)26-7-3-4-8-27(26)36(44)50)21-24-9-11-25(12-10-24)45-23-29(31(41-45)32(37)38)47-22-28(33(39)48)34-40-30(13-16-46(34)47)43-17-19-51-20-18-43/h3-4,7-8,13,16,23-25,32H,5,9-12,14-15,17-22H2,1H3,(H2,39,48). The Kier molecular flexibility index (Phi) is 9.88. The maximum absolute atomic E-state index is 14.4. The number of imide groups is 1. The zero-order valence-corrected chi connectivity index (χ0v) is 28.5. The van der Waals surface area contributed by atoms with Crippen molar-refractivity contribution in [1.29, 1.82) is 0 Å². The molecule has 7 rings (SSSR count). The van der Waals surface area contributed by atoms with Crippen LogP contribution in [0.5, 0.6) is 0 Å². The molecule has 1 saturated heterocycles. The number of aromatic nitrogens is 2. The number of amides is 3. The SMILES string of the molecule is CN(CCC#CCN1C(=O)c2ccccc2C1=O)CC1CCC(n2cc(N3CC(C(N)=O)=C4N=C(N5CCOCC5)C=CN43)c(C(F)F)n2)CC1. The lowest BCUT2D eigenvalue weighted by Gasteiger charge is -2.34. The van der Waals surface area contributed by atoms with E-state index in [4.69, 9.17) is 15.5 Å². The number of ether oxygens (including phenoxy) is 1. The van der Waals surface area contributed by atoms with Gasteiger partial charge >= 0.3 is 0 Å². The molecular formula is C36H41F2N9O4. The fourth-order valence-electron chi connectivity index (χ4n) is 7.37. The summed E-state index contributed by atoms with van der Waals surface area (Å²) >= 11 is 0. The number of hydrazine groups is 1. The lowest BCUT2D eigenvalue weighted by molar-refractivity contribution is -0.114. The maximum Gasteiger partial charge on any atom is 0.284 e. The molecule has 2 N–H and O–H groups in total. The van der Waals surface area contributed by atoms with Gasteiger partial charge in [0.15, 0.2) is 11.5 Å². The van der Waals surface area contributed by atoms with Crippen LogP contribution < -0.4 is 10.7 Å². The predicted octanol–water partition coefficient (Wildman–Crippen LogP) is 3.17. The van der Waals surface area contributed by atoms with Crippen molar-refractivity contribution in [3.8, 4) is 11.8 Å². The van der Waals surface area contributed by atoms with Gasteiger partial charge in [0.2, 0.25) is 5.91 Å². The van der Waals surface area contributed by atoms with E-state index in [0.29, 0.717) is 61.4 Å². The van der Waals surface area contributed by atoms with Gasteiger partial charge in [0, 0.05) is 38.8 Å². The van der Waals surface area contributed by atoms with Crippen molar-refractivity contribution < 1.29 is 27.9 Å². The lowest BCUT2D eigenvalue weighted by atomic mass is 9.86. The number of rotatable bonds is 9. The smallest absolute Gasteiger partial charge is 0.284 e. The van der Waals surface area contributed by atoms with Gasteiger partial charge in [-0.15, -0.1) is 5.92 Å². The first-order valence-corrected chi connectivity index (χ1v) is 17.4. The van der Waals surface area contributed by atoms with Crippen LogP contribution in [0.4, 0.5) is 14.5 Å². The second-order valence-corrected chi connectivity index (χ2v) is 13.4. The van der Waals surface area contributed by atoms with E-state index in [2.05, 4.69) is 26.7 Å². The minimum absolute atomic E-state index is 0.00648. The van der Waals surface area contributed by atoms with Crippen LogP contribution in [0.3, 0.4) is 0 Å². The summed E-state index contributed by atoms with van der Waals surface area (Å²) < 4.78 is 36.0. The molecule has 0 radical (unpaired) electrons. The third-order valence-electron chi connectivity index (χ3n) is 10.1. The normalized spacial score (nSPS) is 21.8. The minimum atomic E-state index is -2.82. The minimum Gasteiger partial charge on any atom is -0.378 e. The van der Waals surface area contributed by atoms with Gasteiger partial charge in [0.25, 0.3) is 18.2 Å². The monoisotopic (exact) mass is 701 g/mol. The zero-order chi connectivity index (χ0) is 35.6. The summed E-state index contributed by atoms with van der Waals surface area (Å²) in [7, 11) is 2.05. The van der Waals surface area contributed by atoms with Gasteiger partial charge in [0.05, 0.1) is 55.2 Å². The van der Waals surface area contributed by atoms with Gasteiger partial charge in [-0.1, -0.05) is 18.1 Å². The Labute approximate surface area is 294 Å². The second kappa shape index (κ2) is 14.7. The summed E-state index contributed by atoms with van der Waals surface area (Å²) in [6.45, 7) is 4.16. The molecule has 1 aromatic heterocycles. The molecule has 2 aromatic rings. The lowest BCUT2D eigenvalue weighted by Crippen LogP contribution is -2.42. The van der Waals surface area contributed by atoms with E-state index in [9.17, 15) is 23.2 Å². The molecule has 15 heteroatoms. The van der Waals surface area contributed by atoms with Crippen LogP contribution in [-0.4, -0.2) is 113 Å². The first kappa shape index (κ1) is 34.4. The van der Waals surface area contributed by atoms with Crippen LogP contribution in [0.25, 0.3) is 0 Å². The third kappa shape index (κ3) is 6.98. The highest BCUT2D eigenvalue weighted by Gasteiger charge is 2.39. The van der Waals surface area contributed by atoms with Crippen molar-refractivity contribution in [2.24, 2.45) is 16.6 Å². The van der Waals surface area contributed by atoms with Gasteiger partial charge < -0.3 is 20.3 Å². The highest BCUT2D eigenvalue weighted by Crippen LogP contribution is 2.40. The first-order valence-electron chi connectivity index (χ1n) is 17.4. The van der Waals surface area contributed by atoms with Crippen LogP contribution in [0.2, 0.25) is 0 Å². The Bertz CT molecular complexity index is 1810. The van der Waals surface area contributed by atoms with Gasteiger partial charge in [0.1, 0.15) is 11.5 Å². The number of carbonyl (C=O) groups excluding carboxylic acids is 3. The van der Waals surface area contributed by atoms with Gasteiger partial charge in [-0.05, 0) is 56.9 Å². The predicted molar refractivity (Wildman–Crippen MR) is 184 cm³/mol. The molecule has 268 valence electrons. The van der Waals surface area contributed by atoms with Gasteiger partial charge in [-0.2, -0.15) is 5.10 Å². The van der Waals surface area contributed by atoms with E-state index in [0.717, 1.165) is 38.8 Å². The molecule has 1 aromatic carbocycles. The molecular weight excluding hydrogens is 660 g/mol. The number of fused-ring (bicyclic) bond motifs is 2. The number of carbonyl (C=O) groups is 3. The largest absolute Gasteiger partial charge is 0.378 e. The van der Waals surface area contributed by atoms with Crippen molar-refractivity contribution >= 4 is 29.2 Å². The van der Waals surface area contributed by atoms with Crippen LogP contribution >= 0.6 is 0 Å². The van der Waals surface area contributed by atoms with Crippen molar-refractivity contribution in [3.63, 3.8) is 0 Å². The van der Waals surface area contributed by atoms with Gasteiger partial charge in [-0.3, -0.25) is 29.0 Å². The number of halogens is 2. The number of amidine groups is 1. The van der Waals surface area contributed by atoms with Crippen molar-refractivity contribution in [2.45, 2.75) is 44.6 Å². The first-order chi connectivity index (χ1) is 24.7. The maximum atomic E-state index is 14.4. The molecule has 13 nitrogen and oxygen atoms in total. The van der Waals surface area contributed by atoms with E-state index in [1.807, 2.05) is 7.05 Å². The summed E-state index contributed by atoms with van der Waals surface area (Å²) in [5.41, 5.74) is 6.71. The number of anilines is 1. The Morgan fingerprint density at radius 1 is 1.08 bits per heavy atom. The number of primary amides is 1. The number of hydrogen-bond donors (Lipinski definition) is 1. The van der Waals surface area contributed by atoms with Crippen molar-refractivity contribution in [3.05, 3.63) is 71.0 Å². The summed E-state index contributed by atoms with van der Waals surface area (Å²) in [5.74, 6) is 6.26. The number of alkyl halides is 2. The molecule has 0 spiro atoms. The molecule has 1 saturated carbocycles. The van der Waals surface area contributed by atoms with E-state index in [-0.39, 0.29) is 47.9 Å². The quantitative estimate of drug-likeness (QED) is 0.309. The molecule has 5 heterocycles. The molecule has 5 aliphatic rings. The molecule has 1 aliphatic carbocycles. The number of hydrogen-bond acceptors (Lipinski definition) is 10. The number of benzene rings is 1. The Morgan fingerprint density at radius 2 is 1.78 bits per heavy atom. The van der Waals surface area contributed by atoms with Crippen molar-refractivity contribution in [1.82, 2.24) is 29.5 Å². The average Bonchev–Trinajstić information content (AvgIpc) is 3.82. The van der Waals surface area contributed by atoms with Gasteiger partial charge in [-0.25, -0.2) is 18.8 Å². The average molecular weight is 702 g/mol. The van der Waals surface area contributed by atoms with Crippen LogP contribution in [0.1, 0.15) is 71.0 Å². The number of nitrogens with zero attached hydrogens (tertiary/aromatic N) is 8. The number of morpholine rings is 1. The van der Waals surface area contributed by atoms with Crippen LogP contribution in [-0.2, 0) is 9.53 Å². The molecule has 2 fully saturated rings. The van der Waals surface area contributed by atoms with E-state index in [1.54, 1.807) is 57.4 Å². The highest BCUT2D eigenvalue weighted by molar-refractivity contribution is 6.21. The summed E-state index contributed by atoms with van der Waals surface area (Å²) in [6, 6.07) is 6.78. The van der Waals surface area contributed by atoms with Crippen LogP contribution in [0.15, 0.2) is 59.1 Å². The summed E-state index contributed by atoms with van der Waals surface area (Å²) in [6.07, 6.45) is 6.45. The Hall–Kier alpha value is -5.07. The zero-order valence-electron chi connectivity index (χ0n) is 28.5. The highest BCUT2D eigenvalue weighted by atomic mass is 19.3. The Balaban J connectivity index is 0.925. The fourth-order valence-corrected chi connectivity index (χ4v) is 7.37. The van der Waals surface area contributed by atoms with E-state index in [1.165, 1.54) is 4.90 Å². The summed E-state index contributed by atoms with van der Waals surface area (Å²) in [5, 5.41) is 7.58. The fraction of sp³-hybridized carbons (Fsp3) is 0.472. The molecule has 51 heavy (non-hydrogen) atoms. The van der Waals surface area contributed by atoms with Crippen LogP contribution in [0, 0.1) is 17.8 Å². The molecule has 4 aliphatic heterocycles. The van der Waals surface area contributed by atoms with Crippen molar-refractivity contribution in [2.75, 3.05) is 64.5 Å². The Morgan fingerprint density at radius 3 is 2.45 bits per heavy atom. The topological polar surface area (TPSA) is 133 Å². The number of nitrogens with two attached hydrogens (primary N) is 1. The number of aliphatic imine (C=N–C) groups is 1. The van der Waals surface area contributed by atoms with E-state index < -0.39 is 12.3 Å².